The molecule has 7 nitrogen and oxygen atoms in total. The van der Waals surface area contributed by atoms with Crippen LogP contribution in [0, 0.1) is 10.1 Å². The normalized spacial score (nSPS) is 10.7. The number of ether oxygens (including phenoxy) is 2. The average molecular weight is 356 g/mol. The van der Waals surface area contributed by atoms with Gasteiger partial charge in [-0.05, 0) is 48.4 Å². The van der Waals surface area contributed by atoms with Crippen molar-refractivity contribution < 1.29 is 24.3 Å². The minimum atomic E-state index is -0.802. The Morgan fingerprint density at radius 2 is 1.92 bits per heavy atom. The molecule has 0 aliphatic carbocycles. The number of nitrogens with zero attached hydrogens (tertiary/aromatic N) is 1. The van der Waals surface area contributed by atoms with Gasteiger partial charge in [0, 0.05) is 17.4 Å². The van der Waals surface area contributed by atoms with Crippen LogP contribution in [0.3, 0.4) is 0 Å². The largest absolute Gasteiger partial charge is 0.865 e. The summed E-state index contributed by atoms with van der Waals surface area (Å²) in [4.78, 5) is 22.4. The number of carbonyl (C=O) groups excluding carboxylic acids is 1. The second kappa shape index (κ2) is 8.66. The molecule has 0 saturated heterocycles. The smallest absolute Gasteiger partial charge is 0.266 e. The van der Waals surface area contributed by atoms with E-state index in [1.54, 1.807) is 24.3 Å². The zero-order valence-electron chi connectivity index (χ0n) is 14.4. The van der Waals surface area contributed by atoms with Crippen molar-refractivity contribution in [3.63, 3.8) is 0 Å². The van der Waals surface area contributed by atoms with Crippen molar-refractivity contribution in [3.8, 4) is 17.2 Å². The predicted molar refractivity (Wildman–Crippen MR) is 94.7 cm³/mol. The summed E-state index contributed by atoms with van der Waals surface area (Å²) < 4.78 is 10.3. The Labute approximate surface area is 150 Å². The van der Waals surface area contributed by atoms with Crippen LogP contribution in [0.15, 0.2) is 42.5 Å². The summed E-state index contributed by atoms with van der Waals surface area (Å²) >= 11 is 0. The zero-order chi connectivity index (χ0) is 19.1. The molecule has 0 fully saturated rings. The molecule has 136 valence electrons. The van der Waals surface area contributed by atoms with E-state index >= 15 is 0 Å². The first kappa shape index (κ1) is 19.0. The Bertz CT molecular complexity index is 827. The standard InChI is InChI=1S/C19H19NO6/c1-3-10-26-15-7-5-14(6-8-15)17(21)9-4-13-11-16(20(23)24)19(22)18(12-13)25-2/h4-9,11-12,22H,3,10H2,1-2H3/p-1/b9-4+. The Hall–Kier alpha value is -3.35. The fraction of sp³-hybridized carbons (Fsp3) is 0.211. The van der Waals surface area contributed by atoms with Gasteiger partial charge in [0.05, 0.1) is 18.6 Å². The molecule has 0 N–H and O–H groups in total. The zero-order valence-corrected chi connectivity index (χ0v) is 14.4. The molecule has 26 heavy (non-hydrogen) atoms. The molecular weight excluding hydrogens is 338 g/mol. The van der Waals surface area contributed by atoms with Gasteiger partial charge in [-0.15, -0.1) is 0 Å². The van der Waals surface area contributed by atoms with Gasteiger partial charge in [0.1, 0.15) is 11.5 Å². The second-order valence-electron chi connectivity index (χ2n) is 5.40. The molecule has 7 heteroatoms. The molecule has 2 rings (SSSR count). The molecule has 0 unspecified atom stereocenters. The number of methoxy groups -OCH3 is 1. The van der Waals surface area contributed by atoms with Crippen molar-refractivity contribution in [1.29, 1.82) is 0 Å². The van der Waals surface area contributed by atoms with Gasteiger partial charge >= 0.3 is 0 Å². The van der Waals surface area contributed by atoms with E-state index in [2.05, 4.69) is 0 Å². The number of nitro benzene ring substituents is 1. The van der Waals surface area contributed by atoms with Gasteiger partial charge in [0.15, 0.2) is 5.78 Å². The molecule has 2 aromatic rings. The summed E-state index contributed by atoms with van der Waals surface area (Å²) in [5.41, 5.74) is 0.172. The van der Waals surface area contributed by atoms with Crippen LogP contribution < -0.4 is 14.6 Å². The molecule has 0 heterocycles. The number of allylic oxidation sites excluding steroid dienone is 1. The van der Waals surface area contributed by atoms with Crippen LogP contribution in [0.1, 0.15) is 29.3 Å². The van der Waals surface area contributed by atoms with Crippen molar-refractivity contribution in [2.24, 2.45) is 0 Å². The van der Waals surface area contributed by atoms with Crippen LogP contribution in [0.2, 0.25) is 0 Å². The van der Waals surface area contributed by atoms with Crippen LogP contribution in [-0.2, 0) is 0 Å². The van der Waals surface area contributed by atoms with Crippen molar-refractivity contribution in [2.45, 2.75) is 13.3 Å². The minimum Gasteiger partial charge on any atom is -0.865 e. The highest BCUT2D eigenvalue weighted by atomic mass is 16.6. The first-order valence-corrected chi connectivity index (χ1v) is 7.95. The quantitative estimate of drug-likeness (QED) is 0.311. The third kappa shape index (κ3) is 4.60. The maximum atomic E-state index is 12.2. The van der Waals surface area contributed by atoms with E-state index in [-0.39, 0.29) is 11.5 Å². The third-order valence-electron chi connectivity index (χ3n) is 3.51. The van der Waals surface area contributed by atoms with Crippen LogP contribution in [0.4, 0.5) is 5.69 Å². The van der Waals surface area contributed by atoms with Gasteiger partial charge < -0.3 is 14.6 Å². The van der Waals surface area contributed by atoms with Crippen molar-refractivity contribution in [1.82, 2.24) is 0 Å². The Morgan fingerprint density at radius 3 is 2.50 bits per heavy atom. The van der Waals surface area contributed by atoms with E-state index in [1.807, 2.05) is 6.92 Å². The number of rotatable bonds is 8. The lowest BCUT2D eigenvalue weighted by Crippen LogP contribution is -2.01. The van der Waals surface area contributed by atoms with Crippen molar-refractivity contribution in [3.05, 3.63) is 63.7 Å². The Kier molecular flexibility index (Phi) is 6.32. The highest BCUT2D eigenvalue weighted by Crippen LogP contribution is 2.34. The van der Waals surface area contributed by atoms with Gasteiger partial charge in [0.25, 0.3) is 5.69 Å². The molecule has 0 atom stereocenters. The highest BCUT2D eigenvalue weighted by molar-refractivity contribution is 6.06. The minimum absolute atomic E-state index is 0.149. The van der Waals surface area contributed by atoms with Gasteiger partial charge in [-0.3, -0.25) is 14.9 Å². The van der Waals surface area contributed by atoms with E-state index < -0.39 is 16.4 Å². The summed E-state index contributed by atoms with van der Waals surface area (Å²) in [7, 11) is 1.25. The van der Waals surface area contributed by atoms with E-state index in [0.29, 0.717) is 23.5 Å². The fourth-order valence-corrected chi connectivity index (χ4v) is 2.20. The van der Waals surface area contributed by atoms with Crippen LogP contribution in [0.25, 0.3) is 6.08 Å². The van der Waals surface area contributed by atoms with Crippen LogP contribution in [-0.4, -0.2) is 24.4 Å². The first-order chi connectivity index (χ1) is 12.5. The van der Waals surface area contributed by atoms with Gasteiger partial charge in [0.2, 0.25) is 0 Å². The lowest BCUT2D eigenvalue weighted by Gasteiger charge is -2.13. The molecule has 2 aromatic carbocycles. The molecule has 0 aliphatic rings. The molecule has 0 bridgehead atoms. The lowest BCUT2D eigenvalue weighted by atomic mass is 10.1. The monoisotopic (exact) mass is 356 g/mol. The average Bonchev–Trinajstić information content (AvgIpc) is 2.65. The molecule has 0 aliphatic heterocycles. The summed E-state index contributed by atoms with van der Waals surface area (Å²) in [5.74, 6) is -0.550. The van der Waals surface area contributed by atoms with E-state index in [0.717, 1.165) is 12.5 Å². The van der Waals surface area contributed by atoms with Gasteiger partial charge in [-0.2, -0.15) is 0 Å². The lowest BCUT2D eigenvalue weighted by molar-refractivity contribution is -0.398. The maximum Gasteiger partial charge on any atom is 0.266 e. The van der Waals surface area contributed by atoms with Crippen LogP contribution >= 0.6 is 0 Å². The molecule has 0 saturated carbocycles. The number of hydrogen-bond acceptors (Lipinski definition) is 6. The van der Waals surface area contributed by atoms with E-state index in [9.17, 15) is 20.0 Å². The summed E-state index contributed by atoms with van der Waals surface area (Å²) in [6, 6.07) is 9.15. The SMILES string of the molecule is CCCOc1ccc(C(=O)/C=C/c2cc(OC)c([O-])c([N+](=O)[O-])c2)cc1. The second-order valence-corrected chi connectivity index (χ2v) is 5.40. The number of benzene rings is 2. The van der Waals surface area contributed by atoms with Gasteiger partial charge in [-0.25, -0.2) is 0 Å². The third-order valence-corrected chi connectivity index (χ3v) is 3.51. The first-order valence-electron chi connectivity index (χ1n) is 7.95. The van der Waals surface area contributed by atoms with Gasteiger partial charge in [-0.1, -0.05) is 13.0 Å². The Balaban J connectivity index is 2.19. The topological polar surface area (TPSA) is 102 Å². The van der Waals surface area contributed by atoms with Crippen molar-refractivity contribution >= 4 is 17.5 Å². The predicted octanol–water partition coefficient (Wildman–Crippen LogP) is 3.36. The van der Waals surface area contributed by atoms with E-state index in [4.69, 9.17) is 9.47 Å². The molecule has 0 spiro atoms. The summed E-state index contributed by atoms with van der Waals surface area (Å²) in [6.07, 6.45) is 3.57. The summed E-state index contributed by atoms with van der Waals surface area (Å²) in [6.45, 7) is 2.60. The highest BCUT2D eigenvalue weighted by Gasteiger charge is 2.12. The maximum absolute atomic E-state index is 12.2. The number of nitro groups is 1. The Morgan fingerprint density at radius 1 is 1.23 bits per heavy atom. The van der Waals surface area contributed by atoms with Crippen LogP contribution in [0.5, 0.6) is 17.2 Å². The summed E-state index contributed by atoms with van der Waals surface area (Å²) in [5, 5.41) is 22.7. The molecular formula is C19H18NO6-. The molecule has 0 amide bonds. The molecule has 0 aromatic heterocycles. The molecule has 0 radical (unpaired) electrons. The number of ketones is 1. The fourth-order valence-electron chi connectivity index (χ4n) is 2.20. The van der Waals surface area contributed by atoms with E-state index in [1.165, 1.54) is 25.3 Å². The van der Waals surface area contributed by atoms with Crippen molar-refractivity contribution in [2.75, 3.05) is 13.7 Å². The number of hydrogen-bond donors (Lipinski definition) is 0. The number of carbonyl (C=O) groups is 1.